The zero-order chi connectivity index (χ0) is 15.4. The first-order valence-electron chi connectivity index (χ1n) is 5.49. The van der Waals surface area contributed by atoms with Gasteiger partial charge < -0.3 is 10.5 Å². The maximum Gasteiger partial charge on any atom is 0.241 e. The lowest BCUT2D eigenvalue weighted by Gasteiger charge is -2.09. The summed E-state index contributed by atoms with van der Waals surface area (Å²) in [6, 6.07) is 0. The summed E-state index contributed by atoms with van der Waals surface area (Å²) in [5.41, 5.74) is 6.36. The number of nitrogen functional groups attached to an aromatic ring is 1. The van der Waals surface area contributed by atoms with Crippen LogP contribution in [0.3, 0.4) is 0 Å². The predicted molar refractivity (Wildman–Crippen MR) is 81.3 cm³/mol. The fraction of sp³-hybridized carbons (Fsp3) is 0.182. The standard InChI is InChI=1S/C11H10ClN5O2S2/c1-19-8-6(13)10(15-4-14-8)21-9-5(3-18)7(12)16-11(17-9)20-2/h3-4H,13H2,1-2H3. The van der Waals surface area contributed by atoms with E-state index in [1.807, 2.05) is 6.26 Å². The number of aldehydes is 1. The molecule has 2 N–H and O–H groups in total. The first-order valence-corrected chi connectivity index (χ1v) is 7.91. The number of carbonyl (C=O) groups is 1. The van der Waals surface area contributed by atoms with Crippen molar-refractivity contribution in [3.8, 4) is 5.88 Å². The van der Waals surface area contributed by atoms with Gasteiger partial charge in [0.2, 0.25) is 5.88 Å². The molecular weight excluding hydrogens is 334 g/mol. The van der Waals surface area contributed by atoms with Gasteiger partial charge in [-0.05, 0) is 18.0 Å². The van der Waals surface area contributed by atoms with Crippen LogP contribution < -0.4 is 10.5 Å². The van der Waals surface area contributed by atoms with E-state index in [2.05, 4.69) is 19.9 Å². The Hall–Kier alpha value is -1.58. The number of thioether (sulfide) groups is 1. The number of aromatic nitrogens is 4. The molecule has 2 aromatic rings. The van der Waals surface area contributed by atoms with Gasteiger partial charge in [0.15, 0.2) is 11.4 Å². The van der Waals surface area contributed by atoms with Gasteiger partial charge in [-0.2, -0.15) is 4.98 Å². The van der Waals surface area contributed by atoms with Crippen LogP contribution in [-0.4, -0.2) is 39.6 Å². The minimum atomic E-state index is 0.0893. The summed E-state index contributed by atoms with van der Waals surface area (Å²) in [6.07, 6.45) is 3.72. The van der Waals surface area contributed by atoms with Gasteiger partial charge >= 0.3 is 0 Å². The average molecular weight is 344 g/mol. The van der Waals surface area contributed by atoms with Gasteiger partial charge in [0.1, 0.15) is 27.2 Å². The van der Waals surface area contributed by atoms with E-state index in [9.17, 15) is 4.79 Å². The molecule has 0 aromatic carbocycles. The summed E-state index contributed by atoms with van der Waals surface area (Å²) in [5.74, 6) is 0.255. The van der Waals surface area contributed by atoms with Crippen LogP contribution in [0.2, 0.25) is 5.15 Å². The second-order valence-corrected chi connectivity index (χ2v) is 5.65. The zero-order valence-corrected chi connectivity index (χ0v) is 13.4. The Kier molecular flexibility index (Phi) is 5.21. The monoisotopic (exact) mass is 343 g/mol. The smallest absolute Gasteiger partial charge is 0.241 e. The van der Waals surface area contributed by atoms with E-state index in [1.165, 1.54) is 25.2 Å². The van der Waals surface area contributed by atoms with Crippen molar-refractivity contribution in [3.63, 3.8) is 0 Å². The first kappa shape index (κ1) is 15.8. The molecule has 0 spiro atoms. The van der Waals surface area contributed by atoms with Crippen molar-refractivity contribution in [1.29, 1.82) is 0 Å². The minimum absolute atomic E-state index is 0.0893. The molecule has 0 radical (unpaired) electrons. The van der Waals surface area contributed by atoms with Crippen LogP contribution in [0, 0.1) is 0 Å². The van der Waals surface area contributed by atoms with E-state index in [4.69, 9.17) is 22.1 Å². The number of hydrogen-bond donors (Lipinski definition) is 1. The van der Waals surface area contributed by atoms with Crippen molar-refractivity contribution >= 4 is 47.1 Å². The SMILES string of the molecule is COc1ncnc(Sc2nc(SC)nc(Cl)c2C=O)c1N. The second-order valence-electron chi connectivity index (χ2n) is 3.54. The van der Waals surface area contributed by atoms with E-state index in [-0.39, 0.29) is 22.3 Å². The van der Waals surface area contributed by atoms with Gasteiger partial charge in [-0.1, -0.05) is 23.4 Å². The molecule has 2 rings (SSSR count). The topological polar surface area (TPSA) is 104 Å². The Balaban J connectivity index is 2.48. The Labute approximate surface area is 134 Å². The van der Waals surface area contributed by atoms with Crippen molar-refractivity contribution in [3.05, 3.63) is 17.0 Å². The molecule has 0 aliphatic rings. The van der Waals surface area contributed by atoms with Crippen LogP contribution in [0.4, 0.5) is 5.69 Å². The molecule has 7 nitrogen and oxygen atoms in total. The van der Waals surface area contributed by atoms with Gasteiger partial charge in [-0.3, -0.25) is 4.79 Å². The van der Waals surface area contributed by atoms with Crippen LogP contribution in [0.5, 0.6) is 5.88 Å². The molecule has 2 heterocycles. The van der Waals surface area contributed by atoms with Gasteiger partial charge in [0.25, 0.3) is 0 Å². The van der Waals surface area contributed by atoms with Crippen LogP contribution >= 0.6 is 35.1 Å². The van der Waals surface area contributed by atoms with Gasteiger partial charge in [-0.25, -0.2) is 15.0 Å². The highest BCUT2D eigenvalue weighted by Crippen LogP contribution is 2.36. The van der Waals surface area contributed by atoms with Crippen LogP contribution in [-0.2, 0) is 0 Å². The van der Waals surface area contributed by atoms with Crippen molar-refractivity contribution in [2.75, 3.05) is 19.1 Å². The summed E-state index contributed by atoms with van der Waals surface area (Å²) in [7, 11) is 1.46. The molecule has 0 fully saturated rings. The molecule has 10 heteroatoms. The lowest BCUT2D eigenvalue weighted by molar-refractivity contribution is 0.111. The molecular formula is C11H10ClN5O2S2. The van der Waals surface area contributed by atoms with Crippen molar-refractivity contribution in [1.82, 2.24) is 19.9 Å². The molecule has 0 unspecified atom stereocenters. The van der Waals surface area contributed by atoms with Crippen molar-refractivity contribution < 1.29 is 9.53 Å². The van der Waals surface area contributed by atoms with E-state index < -0.39 is 0 Å². The Morgan fingerprint density at radius 3 is 2.71 bits per heavy atom. The number of nitrogens with zero attached hydrogens (tertiary/aromatic N) is 4. The normalized spacial score (nSPS) is 10.4. The summed E-state index contributed by atoms with van der Waals surface area (Å²) in [4.78, 5) is 27.4. The third-order valence-corrected chi connectivity index (χ3v) is 4.20. The van der Waals surface area contributed by atoms with E-state index in [0.717, 1.165) is 11.8 Å². The van der Waals surface area contributed by atoms with Crippen LogP contribution in [0.25, 0.3) is 0 Å². The zero-order valence-electron chi connectivity index (χ0n) is 11.0. The quantitative estimate of drug-likeness (QED) is 0.378. The first-order chi connectivity index (χ1) is 10.1. The lowest BCUT2D eigenvalue weighted by Crippen LogP contribution is -2.01. The van der Waals surface area contributed by atoms with Gasteiger partial charge in [0.05, 0.1) is 12.7 Å². The fourth-order valence-electron chi connectivity index (χ4n) is 1.37. The predicted octanol–water partition coefficient (Wildman–Crippen LogP) is 2.20. The van der Waals surface area contributed by atoms with E-state index >= 15 is 0 Å². The second kappa shape index (κ2) is 6.92. The average Bonchev–Trinajstić information content (AvgIpc) is 2.49. The summed E-state index contributed by atoms with van der Waals surface area (Å²) >= 11 is 8.40. The molecule has 0 saturated heterocycles. The number of carbonyl (C=O) groups excluding carboxylic acids is 1. The van der Waals surface area contributed by atoms with Gasteiger partial charge in [0, 0.05) is 0 Å². The van der Waals surface area contributed by atoms with E-state index in [1.54, 1.807) is 0 Å². The van der Waals surface area contributed by atoms with Crippen LogP contribution in [0.15, 0.2) is 21.5 Å². The fourth-order valence-corrected chi connectivity index (χ4v) is 2.98. The van der Waals surface area contributed by atoms with Crippen molar-refractivity contribution in [2.24, 2.45) is 0 Å². The Morgan fingerprint density at radius 2 is 2.10 bits per heavy atom. The van der Waals surface area contributed by atoms with E-state index in [0.29, 0.717) is 21.5 Å². The van der Waals surface area contributed by atoms with Gasteiger partial charge in [-0.15, -0.1) is 0 Å². The number of halogens is 1. The maximum absolute atomic E-state index is 11.2. The summed E-state index contributed by atoms with van der Waals surface area (Å²) in [6.45, 7) is 0. The highest BCUT2D eigenvalue weighted by atomic mass is 35.5. The number of ether oxygens (including phenoxy) is 1. The van der Waals surface area contributed by atoms with Crippen molar-refractivity contribution in [2.45, 2.75) is 15.2 Å². The molecule has 21 heavy (non-hydrogen) atoms. The number of nitrogens with two attached hydrogens (primary N) is 1. The number of anilines is 1. The molecule has 0 saturated carbocycles. The number of methoxy groups -OCH3 is 1. The largest absolute Gasteiger partial charge is 0.479 e. The molecule has 0 bridgehead atoms. The Bertz CT molecular complexity index is 686. The highest BCUT2D eigenvalue weighted by Gasteiger charge is 2.17. The third-order valence-electron chi connectivity index (χ3n) is 2.34. The van der Waals surface area contributed by atoms with Crippen LogP contribution in [0.1, 0.15) is 10.4 Å². The lowest BCUT2D eigenvalue weighted by atomic mass is 10.4. The maximum atomic E-state index is 11.2. The molecule has 0 aliphatic carbocycles. The highest BCUT2D eigenvalue weighted by molar-refractivity contribution is 7.99. The molecule has 0 aliphatic heterocycles. The minimum Gasteiger partial charge on any atom is -0.479 e. The third kappa shape index (κ3) is 3.36. The molecule has 2 aromatic heterocycles. The summed E-state index contributed by atoms with van der Waals surface area (Å²) in [5, 5.41) is 1.34. The molecule has 0 atom stereocenters. The molecule has 110 valence electrons. The summed E-state index contributed by atoms with van der Waals surface area (Å²) < 4.78 is 5.03. The molecule has 0 amide bonds. The number of hydrogen-bond acceptors (Lipinski definition) is 9. The number of rotatable bonds is 5. The Morgan fingerprint density at radius 1 is 1.33 bits per heavy atom.